The third-order valence-corrected chi connectivity index (χ3v) is 4.48. The highest BCUT2D eigenvalue weighted by atomic mass is 16.5. The van der Waals surface area contributed by atoms with E-state index in [9.17, 15) is 0 Å². The SMILES string of the molecule is Cc1nc(OC2CCC(C)CC2)ccc1N=CN(C)C(C)C. The number of nitrogens with zero attached hydrogens (tertiary/aromatic N) is 3. The van der Waals surface area contributed by atoms with Crippen LogP contribution in [-0.2, 0) is 0 Å². The number of aromatic nitrogens is 1. The molecule has 0 radical (unpaired) electrons. The number of hydrogen-bond acceptors (Lipinski definition) is 3. The molecule has 0 amide bonds. The van der Waals surface area contributed by atoms with E-state index in [4.69, 9.17) is 4.74 Å². The summed E-state index contributed by atoms with van der Waals surface area (Å²) in [4.78, 5) is 11.1. The van der Waals surface area contributed by atoms with E-state index in [0.717, 1.165) is 36.0 Å². The standard InChI is InChI=1S/C18H29N3O/c1-13(2)21(5)12-19-17-10-11-18(20-15(17)4)22-16-8-6-14(3)7-9-16/h10-14,16H,6-9H2,1-5H3. The van der Waals surface area contributed by atoms with E-state index in [2.05, 4.69) is 35.6 Å². The summed E-state index contributed by atoms with van der Waals surface area (Å²) in [5.41, 5.74) is 1.81. The summed E-state index contributed by atoms with van der Waals surface area (Å²) >= 11 is 0. The summed E-state index contributed by atoms with van der Waals surface area (Å²) in [6, 6.07) is 4.37. The number of ether oxygens (including phenoxy) is 1. The van der Waals surface area contributed by atoms with Gasteiger partial charge in [0.25, 0.3) is 0 Å². The number of aryl methyl sites for hydroxylation is 1. The zero-order valence-corrected chi connectivity index (χ0v) is 14.5. The Bertz CT molecular complexity index is 505. The highest BCUT2D eigenvalue weighted by molar-refractivity contribution is 5.62. The number of pyridine rings is 1. The molecule has 0 unspecified atom stereocenters. The molecule has 2 rings (SSSR count). The summed E-state index contributed by atoms with van der Waals surface area (Å²) in [6.07, 6.45) is 6.98. The van der Waals surface area contributed by atoms with Gasteiger partial charge in [-0.1, -0.05) is 6.92 Å². The Morgan fingerprint density at radius 2 is 1.95 bits per heavy atom. The molecule has 122 valence electrons. The van der Waals surface area contributed by atoms with Gasteiger partial charge in [0.15, 0.2) is 0 Å². The summed E-state index contributed by atoms with van der Waals surface area (Å²) < 4.78 is 6.03. The molecule has 1 aliphatic carbocycles. The monoisotopic (exact) mass is 303 g/mol. The van der Waals surface area contributed by atoms with E-state index in [-0.39, 0.29) is 0 Å². The zero-order valence-electron chi connectivity index (χ0n) is 14.5. The van der Waals surface area contributed by atoms with Crippen LogP contribution in [0.2, 0.25) is 0 Å². The molecule has 0 aromatic carbocycles. The second-order valence-electron chi connectivity index (χ2n) is 6.76. The minimum Gasteiger partial charge on any atom is -0.474 e. The van der Waals surface area contributed by atoms with Crippen molar-refractivity contribution in [3.05, 3.63) is 17.8 Å². The minimum atomic E-state index is 0.324. The molecule has 22 heavy (non-hydrogen) atoms. The van der Waals surface area contributed by atoms with E-state index in [1.807, 2.05) is 32.4 Å². The summed E-state index contributed by atoms with van der Waals surface area (Å²) in [5.74, 6) is 1.57. The fraction of sp³-hybridized carbons (Fsp3) is 0.667. The predicted molar refractivity (Wildman–Crippen MR) is 92.1 cm³/mol. The largest absolute Gasteiger partial charge is 0.474 e. The molecule has 0 bridgehead atoms. The molecule has 1 aromatic rings. The van der Waals surface area contributed by atoms with Crippen molar-refractivity contribution in [1.29, 1.82) is 0 Å². The first-order valence-electron chi connectivity index (χ1n) is 8.36. The van der Waals surface area contributed by atoms with Crippen LogP contribution in [0.1, 0.15) is 52.1 Å². The van der Waals surface area contributed by atoms with Crippen molar-refractivity contribution in [3.8, 4) is 5.88 Å². The van der Waals surface area contributed by atoms with Crippen molar-refractivity contribution in [1.82, 2.24) is 9.88 Å². The highest BCUT2D eigenvalue weighted by Crippen LogP contribution is 2.27. The molecule has 4 nitrogen and oxygen atoms in total. The maximum Gasteiger partial charge on any atom is 0.213 e. The van der Waals surface area contributed by atoms with Gasteiger partial charge in [-0.3, -0.25) is 0 Å². The maximum atomic E-state index is 6.03. The molecule has 0 saturated heterocycles. The number of aliphatic imine (C=N–C) groups is 1. The molecule has 1 aromatic heterocycles. The maximum absolute atomic E-state index is 6.03. The second kappa shape index (κ2) is 7.61. The number of hydrogen-bond donors (Lipinski definition) is 0. The molecule has 0 aliphatic heterocycles. The van der Waals surface area contributed by atoms with Crippen molar-refractivity contribution in [2.24, 2.45) is 10.9 Å². The summed E-state index contributed by atoms with van der Waals surface area (Å²) in [7, 11) is 2.03. The van der Waals surface area contributed by atoms with Gasteiger partial charge in [-0.15, -0.1) is 0 Å². The smallest absolute Gasteiger partial charge is 0.213 e. The molecule has 1 aliphatic rings. The summed E-state index contributed by atoms with van der Waals surface area (Å²) in [5, 5.41) is 0. The third kappa shape index (κ3) is 4.72. The quantitative estimate of drug-likeness (QED) is 0.599. The Hall–Kier alpha value is -1.58. The Morgan fingerprint density at radius 3 is 2.55 bits per heavy atom. The lowest BCUT2D eigenvalue weighted by Gasteiger charge is -2.26. The molecule has 0 atom stereocenters. The van der Waals surface area contributed by atoms with Gasteiger partial charge in [0.1, 0.15) is 6.10 Å². The Kier molecular flexibility index (Phi) is 5.81. The molecule has 0 spiro atoms. The average molecular weight is 303 g/mol. The second-order valence-corrected chi connectivity index (χ2v) is 6.76. The van der Waals surface area contributed by atoms with Crippen molar-refractivity contribution in [3.63, 3.8) is 0 Å². The molecule has 0 N–H and O–H groups in total. The van der Waals surface area contributed by atoms with Crippen LogP contribution in [0.4, 0.5) is 5.69 Å². The van der Waals surface area contributed by atoms with Crippen LogP contribution in [0.25, 0.3) is 0 Å². The molecule has 1 heterocycles. The van der Waals surface area contributed by atoms with E-state index in [1.54, 1.807) is 0 Å². The Balaban J connectivity index is 1.97. The highest BCUT2D eigenvalue weighted by Gasteiger charge is 2.20. The molecule has 1 fully saturated rings. The van der Waals surface area contributed by atoms with Gasteiger partial charge in [-0.2, -0.15) is 0 Å². The fourth-order valence-corrected chi connectivity index (χ4v) is 2.54. The third-order valence-electron chi connectivity index (χ3n) is 4.48. The van der Waals surface area contributed by atoms with Crippen LogP contribution in [0.15, 0.2) is 17.1 Å². The van der Waals surface area contributed by atoms with Gasteiger partial charge in [0, 0.05) is 19.2 Å². The van der Waals surface area contributed by atoms with E-state index < -0.39 is 0 Å². The van der Waals surface area contributed by atoms with Crippen molar-refractivity contribution >= 4 is 12.0 Å². The first kappa shape index (κ1) is 16.8. The van der Waals surface area contributed by atoms with Crippen LogP contribution >= 0.6 is 0 Å². The van der Waals surface area contributed by atoms with Gasteiger partial charge in [0.2, 0.25) is 5.88 Å². The minimum absolute atomic E-state index is 0.324. The lowest BCUT2D eigenvalue weighted by molar-refractivity contribution is 0.130. The van der Waals surface area contributed by atoms with Gasteiger partial charge < -0.3 is 9.64 Å². The molecular weight excluding hydrogens is 274 g/mol. The normalized spacial score (nSPS) is 22.3. The summed E-state index contributed by atoms with van der Waals surface area (Å²) in [6.45, 7) is 8.58. The molecule has 4 heteroatoms. The Labute approximate surface area is 134 Å². The van der Waals surface area contributed by atoms with Crippen molar-refractivity contribution in [2.45, 2.75) is 65.5 Å². The zero-order chi connectivity index (χ0) is 16.1. The van der Waals surface area contributed by atoms with Crippen molar-refractivity contribution in [2.75, 3.05) is 7.05 Å². The Morgan fingerprint density at radius 1 is 1.27 bits per heavy atom. The lowest BCUT2D eigenvalue weighted by atomic mass is 9.89. The van der Waals surface area contributed by atoms with Crippen LogP contribution in [0.5, 0.6) is 5.88 Å². The van der Waals surface area contributed by atoms with Gasteiger partial charge in [-0.25, -0.2) is 9.98 Å². The first-order valence-corrected chi connectivity index (χ1v) is 8.36. The topological polar surface area (TPSA) is 37.7 Å². The van der Waals surface area contributed by atoms with Crippen LogP contribution < -0.4 is 4.74 Å². The van der Waals surface area contributed by atoms with Crippen LogP contribution in [0.3, 0.4) is 0 Å². The lowest BCUT2D eigenvalue weighted by Crippen LogP contribution is -2.24. The molecular formula is C18H29N3O. The fourth-order valence-electron chi connectivity index (χ4n) is 2.54. The molecule has 1 saturated carbocycles. The first-order chi connectivity index (χ1) is 10.5. The predicted octanol–water partition coefficient (Wildman–Crippen LogP) is 4.35. The van der Waals surface area contributed by atoms with Crippen molar-refractivity contribution < 1.29 is 4.74 Å². The van der Waals surface area contributed by atoms with E-state index in [1.165, 1.54) is 12.8 Å². The number of rotatable bonds is 5. The average Bonchev–Trinajstić information content (AvgIpc) is 2.48. The van der Waals surface area contributed by atoms with E-state index in [0.29, 0.717) is 12.1 Å². The van der Waals surface area contributed by atoms with Crippen LogP contribution in [0, 0.1) is 12.8 Å². The van der Waals surface area contributed by atoms with E-state index >= 15 is 0 Å². The van der Waals surface area contributed by atoms with Gasteiger partial charge >= 0.3 is 0 Å². The van der Waals surface area contributed by atoms with Gasteiger partial charge in [-0.05, 0) is 58.4 Å². The van der Waals surface area contributed by atoms with Gasteiger partial charge in [0.05, 0.1) is 17.7 Å². The van der Waals surface area contributed by atoms with Crippen LogP contribution in [-0.4, -0.2) is 35.4 Å².